The Labute approximate surface area is 137 Å². The number of hydrazone groups is 1. The topological polar surface area (TPSA) is 96.6 Å². The van der Waals surface area contributed by atoms with Crippen LogP contribution in [0, 0.1) is 10.1 Å². The zero-order valence-corrected chi connectivity index (χ0v) is 13.5. The third-order valence-electron chi connectivity index (χ3n) is 3.03. The average Bonchev–Trinajstić information content (AvgIpc) is 3.07. The predicted octanol–water partition coefficient (Wildman–Crippen LogP) is 3.24. The molecule has 2 N–H and O–H groups in total. The number of anilines is 1. The summed E-state index contributed by atoms with van der Waals surface area (Å²) in [4.78, 5) is 23.6. The van der Waals surface area contributed by atoms with Crippen molar-refractivity contribution in [2.45, 2.75) is 13.8 Å². The Bertz CT molecular complexity index is 741. The maximum Gasteiger partial charge on any atom is 0.293 e. The van der Waals surface area contributed by atoms with Gasteiger partial charge in [0, 0.05) is 23.1 Å². The second kappa shape index (κ2) is 7.50. The molecule has 2 aromatic rings. The van der Waals surface area contributed by atoms with Crippen LogP contribution in [-0.2, 0) is 0 Å². The van der Waals surface area contributed by atoms with Gasteiger partial charge in [-0.15, -0.1) is 11.3 Å². The van der Waals surface area contributed by atoms with Crippen LogP contribution in [0.4, 0.5) is 11.4 Å². The van der Waals surface area contributed by atoms with Gasteiger partial charge in [0.2, 0.25) is 0 Å². The Morgan fingerprint density at radius 3 is 2.78 bits per heavy atom. The van der Waals surface area contributed by atoms with E-state index in [4.69, 9.17) is 0 Å². The summed E-state index contributed by atoms with van der Waals surface area (Å²) in [6, 6.07) is 8.07. The Hall–Kier alpha value is -2.74. The van der Waals surface area contributed by atoms with Crippen LogP contribution >= 0.6 is 11.3 Å². The van der Waals surface area contributed by atoms with Gasteiger partial charge in [0.25, 0.3) is 11.6 Å². The molecule has 120 valence electrons. The molecular formula is C15H16N4O3S. The fourth-order valence-corrected chi connectivity index (χ4v) is 2.58. The molecule has 8 heteroatoms. The lowest BCUT2D eigenvalue weighted by molar-refractivity contribution is -0.384. The number of carbonyl (C=O) groups is 1. The van der Waals surface area contributed by atoms with Crippen molar-refractivity contribution in [3.05, 3.63) is 56.3 Å². The van der Waals surface area contributed by atoms with E-state index in [-0.39, 0.29) is 11.3 Å². The summed E-state index contributed by atoms with van der Waals surface area (Å²) in [5, 5.41) is 19.9. The van der Waals surface area contributed by atoms with Gasteiger partial charge in [0.05, 0.1) is 10.6 Å². The van der Waals surface area contributed by atoms with Crippen LogP contribution in [0.25, 0.3) is 0 Å². The highest BCUT2D eigenvalue weighted by molar-refractivity contribution is 7.12. The Morgan fingerprint density at radius 1 is 1.39 bits per heavy atom. The maximum absolute atomic E-state index is 12.1. The standard InChI is InChI=1S/C15H16N4O3S/c1-3-16-12-7-6-11(9-13(12)19(21)22)15(20)18-17-10(2)14-5-4-8-23-14/h4-9,16H,3H2,1-2H3,(H,18,20)/b17-10+. The maximum atomic E-state index is 12.1. The molecule has 0 bridgehead atoms. The van der Waals surface area contributed by atoms with Crippen LogP contribution in [0.1, 0.15) is 29.1 Å². The first-order chi connectivity index (χ1) is 11.0. The lowest BCUT2D eigenvalue weighted by atomic mass is 10.1. The van der Waals surface area contributed by atoms with Crippen molar-refractivity contribution >= 4 is 34.3 Å². The van der Waals surface area contributed by atoms with Crippen LogP contribution in [0.15, 0.2) is 40.8 Å². The van der Waals surface area contributed by atoms with Gasteiger partial charge in [-0.3, -0.25) is 14.9 Å². The minimum absolute atomic E-state index is 0.140. The lowest BCUT2D eigenvalue weighted by Gasteiger charge is -2.06. The second-order valence-electron chi connectivity index (χ2n) is 4.63. The smallest absolute Gasteiger partial charge is 0.293 e. The van der Waals surface area contributed by atoms with Gasteiger partial charge in [-0.25, -0.2) is 5.43 Å². The Kier molecular flexibility index (Phi) is 5.42. The van der Waals surface area contributed by atoms with Gasteiger partial charge < -0.3 is 5.32 Å². The summed E-state index contributed by atoms with van der Waals surface area (Å²) < 4.78 is 0. The Balaban J connectivity index is 2.18. The monoisotopic (exact) mass is 332 g/mol. The van der Waals surface area contributed by atoms with Gasteiger partial charge in [0.15, 0.2) is 0 Å². The molecule has 0 aliphatic rings. The lowest BCUT2D eigenvalue weighted by Crippen LogP contribution is -2.19. The molecule has 0 atom stereocenters. The van der Waals surface area contributed by atoms with Crippen LogP contribution in [-0.4, -0.2) is 23.1 Å². The predicted molar refractivity (Wildman–Crippen MR) is 91.3 cm³/mol. The first kappa shape index (κ1) is 16.6. The number of nitro groups is 1. The van der Waals surface area contributed by atoms with E-state index in [1.165, 1.54) is 29.5 Å². The van der Waals surface area contributed by atoms with E-state index in [2.05, 4.69) is 15.8 Å². The highest BCUT2D eigenvalue weighted by atomic mass is 32.1. The molecule has 1 heterocycles. The Morgan fingerprint density at radius 2 is 2.17 bits per heavy atom. The minimum Gasteiger partial charge on any atom is -0.380 e. The molecule has 1 aromatic heterocycles. The van der Waals surface area contributed by atoms with Crippen molar-refractivity contribution in [2.24, 2.45) is 5.10 Å². The number of amides is 1. The second-order valence-corrected chi connectivity index (χ2v) is 5.58. The van der Waals surface area contributed by atoms with Gasteiger partial charge in [0.1, 0.15) is 5.69 Å². The van der Waals surface area contributed by atoms with Gasteiger partial charge >= 0.3 is 0 Å². The van der Waals surface area contributed by atoms with E-state index < -0.39 is 10.8 Å². The highest BCUT2D eigenvalue weighted by Crippen LogP contribution is 2.25. The summed E-state index contributed by atoms with van der Waals surface area (Å²) >= 11 is 1.51. The summed E-state index contributed by atoms with van der Waals surface area (Å²) in [6.07, 6.45) is 0. The average molecular weight is 332 g/mol. The number of hydrogen-bond acceptors (Lipinski definition) is 6. The first-order valence-electron chi connectivity index (χ1n) is 6.93. The van der Waals surface area contributed by atoms with Crippen molar-refractivity contribution in [3.63, 3.8) is 0 Å². The van der Waals surface area contributed by atoms with Gasteiger partial charge in [-0.2, -0.15) is 5.10 Å². The van der Waals surface area contributed by atoms with E-state index in [1.807, 2.05) is 24.4 Å². The number of thiophene rings is 1. The van der Waals surface area contributed by atoms with E-state index in [0.717, 1.165) is 4.88 Å². The fraction of sp³-hybridized carbons (Fsp3) is 0.200. The molecule has 0 unspecified atom stereocenters. The number of hydrogen-bond donors (Lipinski definition) is 2. The summed E-state index contributed by atoms with van der Waals surface area (Å²) in [7, 11) is 0. The molecule has 1 aromatic carbocycles. The molecule has 0 spiro atoms. The number of benzene rings is 1. The van der Waals surface area contributed by atoms with Crippen LogP contribution < -0.4 is 10.7 Å². The minimum atomic E-state index is -0.519. The molecule has 0 fully saturated rings. The van der Waals surface area contributed by atoms with Crippen LogP contribution in [0.5, 0.6) is 0 Å². The number of rotatable bonds is 6. The molecule has 7 nitrogen and oxygen atoms in total. The normalized spacial score (nSPS) is 11.1. The summed E-state index contributed by atoms with van der Waals surface area (Å²) in [5.74, 6) is -0.493. The van der Waals surface area contributed by atoms with E-state index in [1.54, 1.807) is 6.92 Å². The van der Waals surface area contributed by atoms with Crippen molar-refractivity contribution < 1.29 is 9.72 Å². The third kappa shape index (κ3) is 4.13. The number of nitro benzene ring substituents is 1. The summed E-state index contributed by atoms with van der Waals surface area (Å²) in [5.41, 5.74) is 3.51. The zero-order chi connectivity index (χ0) is 16.8. The number of nitrogens with one attached hydrogen (secondary N) is 2. The molecule has 0 radical (unpaired) electrons. The quantitative estimate of drug-likeness (QED) is 0.482. The highest BCUT2D eigenvalue weighted by Gasteiger charge is 2.17. The molecule has 0 aliphatic carbocycles. The van der Waals surface area contributed by atoms with E-state index in [0.29, 0.717) is 17.9 Å². The van der Waals surface area contributed by atoms with Crippen LogP contribution in [0.2, 0.25) is 0 Å². The molecule has 23 heavy (non-hydrogen) atoms. The molecule has 2 rings (SSSR count). The van der Waals surface area contributed by atoms with Crippen molar-refractivity contribution in [1.82, 2.24) is 5.43 Å². The molecule has 0 saturated heterocycles. The largest absolute Gasteiger partial charge is 0.380 e. The van der Waals surface area contributed by atoms with Crippen LogP contribution in [0.3, 0.4) is 0 Å². The summed E-state index contributed by atoms with van der Waals surface area (Å²) in [6.45, 7) is 4.17. The number of nitrogens with zero attached hydrogens (tertiary/aromatic N) is 2. The molecule has 0 aliphatic heterocycles. The number of carbonyl (C=O) groups excluding carboxylic acids is 1. The third-order valence-corrected chi connectivity index (χ3v) is 4.01. The van der Waals surface area contributed by atoms with E-state index >= 15 is 0 Å². The fourth-order valence-electron chi connectivity index (χ4n) is 1.90. The van der Waals surface area contributed by atoms with Gasteiger partial charge in [-0.1, -0.05) is 6.07 Å². The zero-order valence-electron chi connectivity index (χ0n) is 12.7. The van der Waals surface area contributed by atoms with Crippen molar-refractivity contribution in [2.75, 3.05) is 11.9 Å². The molecule has 0 saturated carbocycles. The first-order valence-corrected chi connectivity index (χ1v) is 7.81. The molecule has 1 amide bonds. The van der Waals surface area contributed by atoms with Crippen molar-refractivity contribution in [3.8, 4) is 0 Å². The van der Waals surface area contributed by atoms with Gasteiger partial charge in [-0.05, 0) is 37.4 Å². The molecular weight excluding hydrogens is 316 g/mol. The SMILES string of the molecule is CCNc1ccc(C(=O)N/N=C(\C)c2cccs2)cc1[N+](=O)[O-]. The van der Waals surface area contributed by atoms with Crippen molar-refractivity contribution in [1.29, 1.82) is 0 Å². The van der Waals surface area contributed by atoms with E-state index in [9.17, 15) is 14.9 Å².